The zero-order valence-electron chi connectivity index (χ0n) is 17.3. The zero-order valence-corrected chi connectivity index (χ0v) is 18.1. The van der Waals surface area contributed by atoms with Crippen molar-refractivity contribution in [2.75, 3.05) is 27.1 Å². The van der Waals surface area contributed by atoms with Gasteiger partial charge in [0, 0.05) is 11.3 Å². The van der Waals surface area contributed by atoms with E-state index in [2.05, 4.69) is 40.5 Å². The molecule has 1 aromatic heterocycles. The molecule has 0 bridgehead atoms. The van der Waals surface area contributed by atoms with E-state index in [9.17, 15) is 0 Å². The minimum absolute atomic E-state index is 0.530. The summed E-state index contributed by atoms with van der Waals surface area (Å²) in [5, 5.41) is 16.7. The summed E-state index contributed by atoms with van der Waals surface area (Å²) in [5.41, 5.74) is 2.83. The Balaban J connectivity index is 1.60. The number of benzene rings is 3. The fourth-order valence-electron chi connectivity index (χ4n) is 3.63. The van der Waals surface area contributed by atoms with E-state index in [1.807, 2.05) is 24.3 Å². The number of hydrogen-bond donors (Lipinski definition) is 0. The quantitative estimate of drug-likeness (QED) is 0.463. The molecule has 0 saturated carbocycles. The minimum Gasteiger partial charge on any atom is -0.493 e. The molecule has 2 heterocycles. The van der Waals surface area contributed by atoms with Crippen molar-refractivity contribution in [2.45, 2.75) is 5.16 Å². The van der Waals surface area contributed by atoms with Gasteiger partial charge in [-0.25, -0.2) is 0 Å². The largest absolute Gasteiger partial charge is 0.493 e. The van der Waals surface area contributed by atoms with Crippen LogP contribution in [0.5, 0.6) is 17.2 Å². The summed E-state index contributed by atoms with van der Waals surface area (Å²) in [7, 11) is 4.76. The van der Waals surface area contributed by atoms with Gasteiger partial charge in [-0.1, -0.05) is 48.2 Å². The summed E-state index contributed by atoms with van der Waals surface area (Å²) in [5.74, 6) is 2.97. The Bertz CT molecular complexity index is 1290. The number of ether oxygens (including phenoxy) is 3. The van der Waals surface area contributed by atoms with E-state index in [-0.39, 0.29) is 0 Å². The maximum atomic E-state index is 5.49. The van der Waals surface area contributed by atoms with E-state index in [1.165, 1.54) is 10.8 Å². The molecule has 0 fully saturated rings. The number of aromatic nitrogens is 3. The molecule has 1 aliphatic heterocycles. The van der Waals surface area contributed by atoms with Crippen LogP contribution in [0.2, 0.25) is 0 Å². The summed E-state index contributed by atoms with van der Waals surface area (Å²) < 4.78 is 18.2. The molecule has 0 aliphatic carbocycles. The van der Waals surface area contributed by atoms with Gasteiger partial charge in [0.25, 0.3) is 0 Å². The van der Waals surface area contributed by atoms with E-state index < -0.39 is 0 Å². The van der Waals surface area contributed by atoms with Crippen LogP contribution < -0.4 is 14.2 Å². The van der Waals surface area contributed by atoms with Gasteiger partial charge in [0.1, 0.15) is 0 Å². The first-order valence-electron chi connectivity index (χ1n) is 9.67. The fraction of sp³-hybridized carbons (Fsp3) is 0.174. The highest BCUT2D eigenvalue weighted by Gasteiger charge is 2.23. The number of rotatable bonds is 5. The molecule has 31 heavy (non-hydrogen) atoms. The van der Waals surface area contributed by atoms with Gasteiger partial charge < -0.3 is 14.2 Å². The standard InChI is InChI=1S/C23H20N4O3S/c1-28-19-11-17(12-20(29-2)21(19)30-3)22-24-25-23-27(22)26-18(13-31-23)16-9-8-14-6-4-5-7-15(14)10-16/h4-12H,13H2,1-3H3. The minimum atomic E-state index is 0.530. The Hall–Kier alpha value is -3.52. The molecule has 0 saturated heterocycles. The highest BCUT2D eigenvalue weighted by molar-refractivity contribution is 7.99. The van der Waals surface area contributed by atoms with Crippen LogP contribution in [-0.2, 0) is 0 Å². The molecule has 0 atom stereocenters. The highest BCUT2D eigenvalue weighted by atomic mass is 32.2. The second-order valence-corrected chi connectivity index (χ2v) is 7.87. The number of hydrogen-bond acceptors (Lipinski definition) is 7. The third-order valence-corrected chi connectivity index (χ3v) is 6.11. The molecule has 3 aromatic carbocycles. The van der Waals surface area contributed by atoms with Gasteiger partial charge in [0.05, 0.1) is 27.0 Å². The fourth-order valence-corrected chi connectivity index (χ4v) is 4.47. The smallest absolute Gasteiger partial charge is 0.212 e. The van der Waals surface area contributed by atoms with Crippen LogP contribution in [-0.4, -0.2) is 47.7 Å². The monoisotopic (exact) mass is 432 g/mol. The van der Waals surface area contributed by atoms with Gasteiger partial charge in [0.15, 0.2) is 17.3 Å². The molecule has 5 rings (SSSR count). The topological polar surface area (TPSA) is 70.8 Å². The Kier molecular flexibility index (Phi) is 4.99. The third-order valence-electron chi connectivity index (χ3n) is 5.18. The Morgan fingerprint density at radius 1 is 0.806 bits per heavy atom. The highest BCUT2D eigenvalue weighted by Crippen LogP contribution is 2.41. The zero-order chi connectivity index (χ0) is 21.4. The molecule has 1 aliphatic rings. The van der Waals surface area contributed by atoms with Crippen LogP contribution >= 0.6 is 11.8 Å². The number of methoxy groups -OCH3 is 3. The van der Waals surface area contributed by atoms with Crippen LogP contribution in [0.4, 0.5) is 0 Å². The lowest BCUT2D eigenvalue weighted by atomic mass is 10.0. The summed E-state index contributed by atoms with van der Waals surface area (Å²) >= 11 is 1.61. The van der Waals surface area contributed by atoms with Crippen LogP contribution in [0.15, 0.2) is 64.9 Å². The van der Waals surface area contributed by atoms with E-state index >= 15 is 0 Å². The van der Waals surface area contributed by atoms with Crippen molar-refractivity contribution in [1.29, 1.82) is 0 Å². The third kappa shape index (κ3) is 3.38. The van der Waals surface area contributed by atoms with Crippen molar-refractivity contribution in [1.82, 2.24) is 14.9 Å². The molecule has 156 valence electrons. The molecule has 0 radical (unpaired) electrons. The lowest BCUT2D eigenvalue weighted by Crippen LogP contribution is -2.13. The summed E-state index contributed by atoms with van der Waals surface area (Å²) in [6, 6.07) is 18.4. The Morgan fingerprint density at radius 2 is 1.55 bits per heavy atom. The summed E-state index contributed by atoms with van der Waals surface area (Å²) in [6.07, 6.45) is 0. The van der Waals surface area contributed by atoms with E-state index in [1.54, 1.807) is 37.8 Å². The molecule has 0 amide bonds. The molecule has 7 nitrogen and oxygen atoms in total. The average Bonchev–Trinajstić information content (AvgIpc) is 3.26. The predicted molar refractivity (Wildman–Crippen MR) is 122 cm³/mol. The maximum absolute atomic E-state index is 5.49. The number of nitrogens with zero attached hydrogens (tertiary/aromatic N) is 4. The lowest BCUT2D eigenvalue weighted by molar-refractivity contribution is 0.324. The Labute approximate surface area is 183 Å². The van der Waals surface area contributed by atoms with Crippen molar-refractivity contribution >= 4 is 28.2 Å². The van der Waals surface area contributed by atoms with Crippen molar-refractivity contribution in [3.8, 4) is 28.6 Å². The first-order valence-corrected chi connectivity index (χ1v) is 10.7. The van der Waals surface area contributed by atoms with Crippen LogP contribution in [0.3, 0.4) is 0 Å². The van der Waals surface area contributed by atoms with Gasteiger partial charge >= 0.3 is 0 Å². The molecule has 0 N–H and O–H groups in total. The average molecular weight is 433 g/mol. The van der Waals surface area contributed by atoms with E-state index in [0.717, 1.165) is 27.7 Å². The Morgan fingerprint density at radius 3 is 2.26 bits per heavy atom. The molecule has 8 heteroatoms. The molecular formula is C23H20N4O3S. The van der Waals surface area contributed by atoms with Gasteiger partial charge in [-0.05, 0) is 34.5 Å². The second-order valence-electron chi connectivity index (χ2n) is 6.93. The van der Waals surface area contributed by atoms with Crippen LogP contribution in [0.1, 0.15) is 5.56 Å². The van der Waals surface area contributed by atoms with Crippen molar-refractivity contribution in [3.05, 3.63) is 60.2 Å². The van der Waals surface area contributed by atoms with Gasteiger partial charge in [0.2, 0.25) is 10.9 Å². The number of thioether (sulfide) groups is 1. The van der Waals surface area contributed by atoms with Crippen molar-refractivity contribution in [3.63, 3.8) is 0 Å². The SMILES string of the molecule is COc1cc(-c2nnc3n2N=C(c2ccc4ccccc4c2)CS3)cc(OC)c1OC. The van der Waals surface area contributed by atoms with Gasteiger partial charge in [-0.3, -0.25) is 0 Å². The normalized spacial score (nSPS) is 12.9. The van der Waals surface area contributed by atoms with E-state index in [4.69, 9.17) is 19.3 Å². The van der Waals surface area contributed by atoms with Crippen LogP contribution in [0.25, 0.3) is 22.2 Å². The molecule has 0 spiro atoms. The van der Waals surface area contributed by atoms with Crippen molar-refractivity contribution in [2.24, 2.45) is 5.10 Å². The second kappa shape index (κ2) is 7.96. The molecular weight excluding hydrogens is 412 g/mol. The van der Waals surface area contributed by atoms with Gasteiger partial charge in [-0.15, -0.1) is 10.2 Å². The first-order chi connectivity index (χ1) is 15.2. The van der Waals surface area contributed by atoms with E-state index in [0.29, 0.717) is 23.1 Å². The maximum Gasteiger partial charge on any atom is 0.212 e. The lowest BCUT2D eigenvalue weighted by Gasteiger charge is -2.16. The van der Waals surface area contributed by atoms with Crippen molar-refractivity contribution < 1.29 is 14.2 Å². The predicted octanol–water partition coefficient (Wildman–Crippen LogP) is 4.48. The summed E-state index contributed by atoms with van der Waals surface area (Å²) in [4.78, 5) is 0. The number of fused-ring (bicyclic) bond motifs is 2. The van der Waals surface area contributed by atoms with Gasteiger partial charge in [-0.2, -0.15) is 9.78 Å². The summed E-state index contributed by atoms with van der Waals surface area (Å²) in [6.45, 7) is 0. The van der Waals surface area contributed by atoms with Crippen LogP contribution in [0, 0.1) is 0 Å². The first kappa shape index (κ1) is 19.4. The molecule has 4 aromatic rings. The molecule has 0 unspecified atom stereocenters.